The van der Waals surface area contributed by atoms with Crippen LogP contribution in [0.25, 0.3) is 11.1 Å². The highest BCUT2D eigenvalue weighted by Gasteiger charge is 2.18. The van der Waals surface area contributed by atoms with Crippen molar-refractivity contribution in [1.29, 1.82) is 0 Å². The normalized spacial score (nSPS) is 11.4. The van der Waals surface area contributed by atoms with Crippen molar-refractivity contribution < 1.29 is 14.3 Å². The maximum Gasteiger partial charge on any atom is 0.262 e. The average Bonchev–Trinajstić information content (AvgIpc) is 3.04. The largest absolute Gasteiger partial charge is 0.483 e. The highest BCUT2D eigenvalue weighted by molar-refractivity contribution is 5.96. The van der Waals surface area contributed by atoms with Gasteiger partial charge in [-0.15, -0.1) is 0 Å². The van der Waals surface area contributed by atoms with Crippen LogP contribution in [0.2, 0.25) is 0 Å². The Morgan fingerprint density at radius 3 is 2.52 bits per heavy atom. The molecule has 5 heteroatoms. The van der Waals surface area contributed by atoms with Crippen LogP contribution in [0, 0.1) is 0 Å². The third-order valence-corrected chi connectivity index (χ3v) is 4.59. The smallest absolute Gasteiger partial charge is 0.262 e. The number of benzene rings is 3. The molecule has 0 saturated carbocycles. The summed E-state index contributed by atoms with van der Waals surface area (Å²) in [6, 6.07) is 20.8. The number of hydrogen-bond donors (Lipinski definition) is 2. The van der Waals surface area contributed by atoms with E-state index in [9.17, 15) is 9.59 Å². The number of nitrogens with two attached hydrogens (primary N) is 1. The van der Waals surface area contributed by atoms with Gasteiger partial charge < -0.3 is 15.8 Å². The van der Waals surface area contributed by atoms with Crippen LogP contribution in [-0.4, -0.2) is 18.4 Å². The Kier molecular flexibility index (Phi) is 4.34. The van der Waals surface area contributed by atoms with E-state index in [2.05, 4.69) is 17.4 Å². The molecule has 3 aromatic rings. The molecule has 0 atom stereocenters. The summed E-state index contributed by atoms with van der Waals surface area (Å²) in [6.45, 7) is -0.210. The Hall–Kier alpha value is -3.60. The quantitative estimate of drug-likeness (QED) is 0.574. The van der Waals surface area contributed by atoms with Crippen molar-refractivity contribution in [3.8, 4) is 16.9 Å². The van der Waals surface area contributed by atoms with E-state index in [4.69, 9.17) is 10.5 Å². The van der Waals surface area contributed by atoms with Crippen LogP contribution in [0.3, 0.4) is 0 Å². The molecule has 0 aromatic heterocycles. The molecule has 1 aliphatic rings. The molecule has 2 amide bonds. The number of anilines is 1. The highest BCUT2D eigenvalue weighted by Crippen LogP contribution is 2.37. The van der Waals surface area contributed by atoms with Gasteiger partial charge in [-0.05, 0) is 52.9 Å². The SMILES string of the molecule is NC(=O)c1ccccc1OCC(=O)Nc1ccc2c(c1)-c1ccccc1C2. The van der Waals surface area contributed by atoms with Crippen molar-refractivity contribution in [2.75, 3.05) is 11.9 Å². The van der Waals surface area contributed by atoms with Crippen LogP contribution in [0.15, 0.2) is 66.7 Å². The van der Waals surface area contributed by atoms with Crippen molar-refractivity contribution in [3.63, 3.8) is 0 Å². The van der Waals surface area contributed by atoms with E-state index in [0.29, 0.717) is 11.4 Å². The number of rotatable bonds is 5. The number of hydrogen-bond acceptors (Lipinski definition) is 3. The lowest BCUT2D eigenvalue weighted by atomic mass is 10.1. The Balaban J connectivity index is 1.45. The second-order valence-electron chi connectivity index (χ2n) is 6.40. The second kappa shape index (κ2) is 6.96. The molecule has 0 saturated heterocycles. The Morgan fingerprint density at radius 1 is 0.926 bits per heavy atom. The zero-order valence-corrected chi connectivity index (χ0v) is 14.6. The standard InChI is InChI=1S/C22H18N2O3/c23-22(26)18-7-3-4-8-20(18)27-13-21(25)24-16-10-9-15-11-14-5-1-2-6-17(14)19(15)12-16/h1-10,12H,11,13H2,(H2,23,26)(H,24,25). The fourth-order valence-corrected chi connectivity index (χ4v) is 3.34. The number of para-hydroxylation sites is 1. The van der Waals surface area contributed by atoms with Crippen molar-refractivity contribution >= 4 is 17.5 Å². The topological polar surface area (TPSA) is 81.4 Å². The number of ether oxygens (including phenoxy) is 1. The van der Waals surface area contributed by atoms with Gasteiger partial charge in [0.1, 0.15) is 5.75 Å². The fourth-order valence-electron chi connectivity index (χ4n) is 3.34. The van der Waals surface area contributed by atoms with Gasteiger partial charge >= 0.3 is 0 Å². The van der Waals surface area contributed by atoms with Gasteiger partial charge in [0.05, 0.1) is 5.56 Å². The zero-order valence-electron chi connectivity index (χ0n) is 14.6. The summed E-state index contributed by atoms with van der Waals surface area (Å²) in [4.78, 5) is 23.7. The first-order valence-electron chi connectivity index (χ1n) is 8.64. The van der Waals surface area contributed by atoms with Crippen LogP contribution >= 0.6 is 0 Å². The molecular formula is C22H18N2O3. The van der Waals surface area contributed by atoms with Crippen molar-refractivity contribution in [2.24, 2.45) is 5.73 Å². The lowest BCUT2D eigenvalue weighted by Gasteiger charge is -2.11. The lowest BCUT2D eigenvalue weighted by molar-refractivity contribution is -0.118. The van der Waals surface area contributed by atoms with Crippen molar-refractivity contribution in [3.05, 3.63) is 83.4 Å². The summed E-state index contributed by atoms with van der Waals surface area (Å²) in [6.07, 6.45) is 0.909. The highest BCUT2D eigenvalue weighted by atomic mass is 16.5. The van der Waals surface area contributed by atoms with Gasteiger partial charge in [0, 0.05) is 5.69 Å². The molecule has 0 radical (unpaired) electrons. The maximum atomic E-state index is 12.3. The number of amides is 2. The van der Waals surface area contributed by atoms with Crippen LogP contribution < -0.4 is 15.8 Å². The molecular weight excluding hydrogens is 340 g/mol. The van der Waals surface area contributed by atoms with Crippen molar-refractivity contribution in [2.45, 2.75) is 6.42 Å². The average molecular weight is 358 g/mol. The predicted octanol–water partition coefficient (Wildman–Crippen LogP) is 3.37. The minimum atomic E-state index is -0.594. The van der Waals surface area contributed by atoms with Crippen molar-refractivity contribution in [1.82, 2.24) is 0 Å². The third-order valence-electron chi connectivity index (χ3n) is 4.59. The zero-order chi connectivity index (χ0) is 18.8. The first-order chi connectivity index (χ1) is 13.1. The molecule has 0 heterocycles. The van der Waals surface area contributed by atoms with Crippen LogP contribution in [0.4, 0.5) is 5.69 Å². The van der Waals surface area contributed by atoms with Gasteiger partial charge in [-0.25, -0.2) is 0 Å². The van der Waals surface area contributed by atoms with Gasteiger partial charge in [0.15, 0.2) is 6.61 Å². The van der Waals surface area contributed by atoms with E-state index in [0.717, 1.165) is 12.0 Å². The first kappa shape index (κ1) is 16.8. The molecule has 0 spiro atoms. The molecule has 134 valence electrons. The Bertz CT molecular complexity index is 1040. The Labute approximate surface area is 156 Å². The van der Waals surface area contributed by atoms with E-state index < -0.39 is 5.91 Å². The number of carbonyl (C=O) groups excluding carboxylic acids is 2. The van der Waals surface area contributed by atoms with Crippen LogP contribution in [0.5, 0.6) is 5.75 Å². The molecule has 5 nitrogen and oxygen atoms in total. The summed E-state index contributed by atoms with van der Waals surface area (Å²) >= 11 is 0. The molecule has 27 heavy (non-hydrogen) atoms. The molecule has 4 rings (SSSR count). The molecule has 3 aromatic carbocycles. The number of primary amides is 1. The monoisotopic (exact) mass is 358 g/mol. The second-order valence-corrected chi connectivity index (χ2v) is 6.40. The fraction of sp³-hybridized carbons (Fsp3) is 0.0909. The van der Waals surface area contributed by atoms with Gasteiger partial charge in [-0.1, -0.05) is 42.5 Å². The van der Waals surface area contributed by atoms with E-state index in [1.807, 2.05) is 30.3 Å². The minimum Gasteiger partial charge on any atom is -0.483 e. The summed E-state index contributed by atoms with van der Waals surface area (Å²) in [5.41, 5.74) is 11.2. The van der Waals surface area contributed by atoms with E-state index in [-0.39, 0.29) is 18.1 Å². The molecule has 1 aliphatic carbocycles. The predicted molar refractivity (Wildman–Crippen MR) is 104 cm³/mol. The van der Waals surface area contributed by atoms with Gasteiger partial charge in [0.2, 0.25) is 0 Å². The minimum absolute atomic E-state index is 0.210. The molecule has 0 aliphatic heterocycles. The first-order valence-corrected chi connectivity index (χ1v) is 8.64. The van der Waals surface area contributed by atoms with Gasteiger partial charge in [-0.2, -0.15) is 0 Å². The summed E-state index contributed by atoms with van der Waals surface area (Å²) < 4.78 is 5.47. The lowest BCUT2D eigenvalue weighted by Crippen LogP contribution is -2.21. The van der Waals surface area contributed by atoms with E-state index in [1.165, 1.54) is 16.7 Å². The van der Waals surface area contributed by atoms with E-state index in [1.54, 1.807) is 24.3 Å². The third kappa shape index (κ3) is 3.40. The van der Waals surface area contributed by atoms with Crippen LogP contribution in [-0.2, 0) is 11.2 Å². The summed E-state index contributed by atoms with van der Waals surface area (Å²) in [5, 5.41) is 2.84. The number of carbonyl (C=O) groups is 2. The number of fused-ring (bicyclic) bond motifs is 3. The van der Waals surface area contributed by atoms with Gasteiger partial charge in [0.25, 0.3) is 11.8 Å². The van der Waals surface area contributed by atoms with E-state index >= 15 is 0 Å². The van der Waals surface area contributed by atoms with Crippen LogP contribution in [0.1, 0.15) is 21.5 Å². The maximum absolute atomic E-state index is 12.3. The Morgan fingerprint density at radius 2 is 1.67 bits per heavy atom. The molecule has 0 unspecified atom stereocenters. The van der Waals surface area contributed by atoms with Gasteiger partial charge in [-0.3, -0.25) is 9.59 Å². The molecule has 0 fully saturated rings. The molecule has 3 N–H and O–H groups in total. The number of nitrogens with one attached hydrogen (secondary N) is 1. The summed E-state index contributed by atoms with van der Waals surface area (Å²) in [7, 11) is 0. The summed E-state index contributed by atoms with van der Waals surface area (Å²) in [5.74, 6) is -0.605. The molecule has 0 bridgehead atoms.